The molecule has 5 nitrogen and oxygen atoms in total. The highest BCUT2D eigenvalue weighted by Gasteiger charge is 2.43. The van der Waals surface area contributed by atoms with Crippen molar-refractivity contribution in [3.8, 4) is 0 Å². The summed E-state index contributed by atoms with van der Waals surface area (Å²) >= 11 is 0. The number of amides is 2. The van der Waals surface area contributed by atoms with Gasteiger partial charge in [-0.25, -0.2) is 0 Å². The molecule has 0 bridgehead atoms. The van der Waals surface area contributed by atoms with Gasteiger partial charge in [0.05, 0.1) is 12.0 Å². The molecule has 1 saturated carbocycles. The highest BCUT2D eigenvalue weighted by atomic mass is 16.6. The van der Waals surface area contributed by atoms with E-state index in [1.807, 2.05) is 20.8 Å². The Morgan fingerprint density at radius 3 is 2.32 bits per heavy atom. The monoisotopic (exact) mass is 265 g/mol. The van der Waals surface area contributed by atoms with Crippen molar-refractivity contribution in [3.05, 3.63) is 12.2 Å². The summed E-state index contributed by atoms with van der Waals surface area (Å²) in [7, 11) is 0. The maximum absolute atomic E-state index is 12.1. The van der Waals surface area contributed by atoms with E-state index in [-0.39, 0.29) is 23.8 Å². The Hall–Kier alpha value is -1.65. The first-order chi connectivity index (χ1) is 8.79. The van der Waals surface area contributed by atoms with Crippen LogP contribution in [0, 0.1) is 5.92 Å². The molecule has 0 aromatic carbocycles. The fraction of sp³-hybridized carbons (Fsp3) is 0.643. The van der Waals surface area contributed by atoms with Crippen LogP contribution in [-0.4, -0.2) is 34.3 Å². The number of carbonyl (C=O) groups excluding carboxylic acids is 3. The van der Waals surface area contributed by atoms with Crippen molar-refractivity contribution in [2.75, 3.05) is 0 Å². The van der Waals surface area contributed by atoms with Crippen LogP contribution in [0.2, 0.25) is 0 Å². The zero-order valence-electron chi connectivity index (χ0n) is 11.5. The van der Waals surface area contributed by atoms with Crippen LogP contribution in [-0.2, 0) is 19.1 Å². The topological polar surface area (TPSA) is 63.7 Å². The molecule has 0 radical (unpaired) electrons. The van der Waals surface area contributed by atoms with Crippen molar-refractivity contribution >= 4 is 17.8 Å². The fourth-order valence-corrected chi connectivity index (χ4v) is 2.64. The van der Waals surface area contributed by atoms with Gasteiger partial charge >= 0.3 is 5.97 Å². The number of ether oxygens (including phenoxy) is 1. The van der Waals surface area contributed by atoms with Crippen LogP contribution in [0.1, 0.15) is 40.0 Å². The Morgan fingerprint density at radius 1 is 1.21 bits per heavy atom. The Bertz CT molecular complexity index is 429. The molecular formula is C14H19NO4. The second kappa shape index (κ2) is 4.79. The van der Waals surface area contributed by atoms with Gasteiger partial charge in [-0.3, -0.25) is 19.3 Å². The lowest BCUT2D eigenvalue weighted by atomic mass is 10.0. The third-order valence-corrected chi connectivity index (χ3v) is 3.36. The summed E-state index contributed by atoms with van der Waals surface area (Å²) in [5.74, 6) is -1.37. The normalized spacial score (nSPS) is 27.2. The summed E-state index contributed by atoms with van der Waals surface area (Å²) in [6.45, 7) is 5.42. The minimum absolute atomic E-state index is 0.317. The quantitative estimate of drug-likeness (QED) is 0.559. The number of carbonyl (C=O) groups is 3. The minimum Gasteiger partial charge on any atom is -0.460 e. The lowest BCUT2D eigenvalue weighted by Gasteiger charge is -2.29. The molecule has 1 aliphatic heterocycles. The SMILES string of the molecule is CC(C)(C)OC(=O)[C@H]1CCC[C@@H]1N1C(=O)C=CC1=O. The predicted octanol–water partition coefficient (Wildman–Crippen LogP) is 1.42. The van der Waals surface area contributed by atoms with Crippen LogP contribution in [0.15, 0.2) is 12.2 Å². The maximum Gasteiger partial charge on any atom is 0.311 e. The molecule has 1 aliphatic carbocycles. The van der Waals surface area contributed by atoms with E-state index < -0.39 is 11.5 Å². The number of hydrogen-bond acceptors (Lipinski definition) is 4. The maximum atomic E-state index is 12.1. The predicted molar refractivity (Wildman–Crippen MR) is 68.0 cm³/mol. The fourth-order valence-electron chi connectivity index (χ4n) is 2.64. The van der Waals surface area contributed by atoms with Gasteiger partial charge in [0.25, 0.3) is 11.8 Å². The molecule has 1 heterocycles. The van der Waals surface area contributed by atoms with Crippen LogP contribution in [0.3, 0.4) is 0 Å². The molecule has 2 rings (SSSR count). The highest BCUT2D eigenvalue weighted by molar-refractivity contribution is 6.13. The van der Waals surface area contributed by atoms with Crippen molar-refractivity contribution in [2.24, 2.45) is 5.92 Å². The zero-order chi connectivity index (χ0) is 14.2. The lowest BCUT2D eigenvalue weighted by Crippen LogP contribution is -2.45. The van der Waals surface area contributed by atoms with Crippen LogP contribution in [0.4, 0.5) is 0 Å². The Balaban J connectivity index is 2.11. The van der Waals surface area contributed by atoms with Crippen molar-refractivity contribution in [3.63, 3.8) is 0 Å². The van der Waals surface area contributed by atoms with Gasteiger partial charge < -0.3 is 4.74 Å². The van der Waals surface area contributed by atoms with Crippen molar-refractivity contribution in [2.45, 2.75) is 51.7 Å². The van der Waals surface area contributed by atoms with E-state index in [9.17, 15) is 14.4 Å². The van der Waals surface area contributed by atoms with Gasteiger partial charge in [0, 0.05) is 12.2 Å². The molecule has 2 aliphatic rings. The summed E-state index contributed by atoms with van der Waals surface area (Å²) < 4.78 is 5.37. The number of nitrogens with zero attached hydrogens (tertiary/aromatic N) is 1. The summed E-state index contributed by atoms with van der Waals surface area (Å²) in [5.41, 5.74) is -0.554. The standard InChI is InChI=1S/C14H19NO4/c1-14(2,3)19-13(18)9-5-4-6-10(9)15-11(16)7-8-12(15)17/h7-10H,4-6H2,1-3H3/t9-,10-/m0/s1. The molecule has 0 unspecified atom stereocenters. The molecule has 2 amide bonds. The van der Waals surface area contributed by atoms with E-state index in [2.05, 4.69) is 0 Å². The number of imide groups is 1. The molecule has 19 heavy (non-hydrogen) atoms. The van der Waals surface area contributed by atoms with E-state index in [0.717, 1.165) is 6.42 Å². The van der Waals surface area contributed by atoms with E-state index >= 15 is 0 Å². The zero-order valence-corrected chi connectivity index (χ0v) is 11.5. The van der Waals surface area contributed by atoms with E-state index in [4.69, 9.17) is 4.74 Å². The van der Waals surface area contributed by atoms with Crippen LogP contribution in [0.25, 0.3) is 0 Å². The van der Waals surface area contributed by atoms with Crippen molar-refractivity contribution in [1.29, 1.82) is 0 Å². The summed E-state index contributed by atoms with van der Waals surface area (Å²) in [4.78, 5) is 36.7. The number of hydrogen-bond donors (Lipinski definition) is 0. The minimum atomic E-state index is -0.554. The molecule has 104 valence electrons. The smallest absolute Gasteiger partial charge is 0.311 e. The number of esters is 1. The van der Waals surface area contributed by atoms with Gasteiger partial charge in [0.15, 0.2) is 0 Å². The number of rotatable bonds is 2. The van der Waals surface area contributed by atoms with Crippen molar-refractivity contribution < 1.29 is 19.1 Å². The average molecular weight is 265 g/mol. The van der Waals surface area contributed by atoms with Gasteiger partial charge in [0.2, 0.25) is 0 Å². The summed E-state index contributed by atoms with van der Waals surface area (Å²) in [5, 5.41) is 0. The Morgan fingerprint density at radius 2 is 1.79 bits per heavy atom. The van der Waals surface area contributed by atoms with Gasteiger partial charge in [-0.2, -0.15) is 0 Å². The summed E-state index contributed by atoms with van der Waals surface area (Å²) in [6, 6.07) is -0.357. The van der Waals surface area contributed by atoms with Gasteiger partial charge in [-0.15, -0.1) is 0 Å². The van der Waals surface area contributed by atoms with Crippen LogP contribution in [0.5, 0.6) is 0 Å². The van der Waals surface area contributed by atoms with E-state index in [1.54, 1.807) is 0 Å². The molecule has 1 fully saturated rings. The second-order valence-corrected chi connectivity index (χ2v) is 6.02. The van der Waals surface area contributed by atoms with E-state index in [0.29, 0.717) is 12.8 Å². The summed E-state index contributed by atoms with van der Waals surface area (Å²) in [6.07, 6.45) is 4.67. The Kier molecular flexibility index (Phi) is 3.47. The molecule has 0 saturated heterocycles. The molecule has 0 aromatic rings. The third-order valence-electron chi connectivity index (χ3n) is 3.36. The molecule has 0 aromatic heterocycles. The molecule has 0 spiro atoms. The molecular weight excluding hydrogens is 246 g/mol. The van der Waals surface area contributed by atoms with Crippen molar-refractivity contribution in [1.82, 2.24) is 4.90 Å². The molecule has 2 atom stereocenters. The Labute approximate surface area is 112 Å². The third kappa shape index (κ3) is 2.85. The molecule has 0 N–H and O–H groups in total. The molecule has 5 heteroatoms. The first kappa shape index (κ1) is 13.8. The van der Waals surface area contributed by atoms with Gasteiger partial charge in [-0.05, 0) is 33.6 Å². The average Bonchev–Trinajstić information content (AvgIpc) is 2.83. The largest absolute Gasteiger partial charge is 0.460 e. The van der Waals surface area contributed by atoms with Gasteiger partial charge in [0.1, 0.15) is 5.60 Å². The van der Waals surface area contributed by atoms with E-state index in [1.165, 1.54) is 17.1 Å². The van der Waals surface area contributed by atoms with Crippen LogP contribution >= 0.6 is 0 Å². The van der Waals surface area contributed by atoms with Gasteiger partial charge in [-0.1, -0.05) is 6.42 Å². The lowest BCUT2D eigenvalue weighted by molar-refractivity contribution is -0.162. The first-order valence-electron chi connectivity index (χ1n) is 6.58. The van der Waals surface area contributed by atoms with Crippen LogP contribution < -0.4 is 0 Å². The first-order valence-corrected chi connectivity index (χ1v) is 6.58. The highest BCUT2D eigenvalue weighted by Crippen LogP contribution is 2.33. The second-order valence-electron chi connectivity index (χ2n) is 6.02.